The smallest absolute Gasteiger partial charge is 0.291 e. The van der Waals surface area contributed by atoms with Gasteiger partial charge >= 0.3 is 0 Å². The second-order valence-corrected chi connectivity index (χ2v) is 8.80. The molecule has 2 N–H and O–H groups in total. The molecule has 0 saturated carbocycles. The average Bonchev–Trinajstić information content (AvgIpc) is 3.42. The maximum Gasteiger partial charge on any atom is 0.291 e. The highest BCUT2D eigenvalue weighted by Crippen LogP contribution is 2.35. The average molecular weight is 472 g/mol. The van der Waals surface area contributed by atoms with Gasteiger partial charge in [-0.05, 0) is 38.1 Å². The lowest BCUT2D eigenvalue weighted by Crippen LogP contribution is -2.29. The van der Waals surface area contributed by atoms with Crippen LogP contribution in [0.3, 0.4) is 0 Å². The number of hydrogen-bond donors (Lipinski definition) is 2. The topological polar surface area (TPSA) is 102 Å². The summed E-state index contributed by atoms with van der Waals surface area (Å²) in [6, 6.07) is 16.0. The number of phenolic OH excluding ortho intramolecular Hbond substituents is 1. The van der Waals surface area contributed by atoms with Gasteiger partial charge in [-0.2, -0.15) is 5.10 Å². The predicted molar refractivity (Wildman–Crippen MR) is 133 cm³/mol. The van der Waals surface area contributed by atoms with E-state index in [2.05, 4.69) is 10.5 Å². The number of hydrogen-bond acceptors (Lipinski definition) is 6. The van der Waals surface area contributed by atoms with Gasteiger partial charge in [0.2, 0.25) is 0 Å². The molecule has 2 aromatic carbocycles. The molecule has 9 heteroatoms. The maximum atomic E-state index is 13.2. The summed E-state index contributed by atoms with van der Waals surface area (Å²) in [5, 5.41) is 17.9. The van der Waals surface area contributed by atoms with Crippen molar-refractivity contribution in [3.8, 4) is 27.6 Å². The summed E-state index contributed by atoms with van der Waals surface area (Å²) in [5.74, 6) is -0.244. The summed E-state index contributed by atoms with van der Waals surface area (Å²) in [4.78, 5) is 30.3. The van der Waals surface area contributed by atoms with Gasteiger partial charge in [0, 0.05) is 34.8 Å². The number of phenols is 1. The lowest BCUT2D eigenvalue weighted by atomic mass is 10.1. The van der Waals surface area contributed by atoms with Crippen molar-refractivity contribution >= 4 is 28.0 Å². The Balaban J connectivity index is 1.50. The zero-order valence-electron chi connectivity index (χ0n) is 18.7. The zero-order chi connectivity index (χ0) is 24.0. The third kappa shape index (κ3) is 3.56. The fraction of sp³-hybridized carbons (Fsp3) is 0.120. The van der Waals surface area contributed by atoms with Crippen molar-refractivity contribution < 1.29 is 9.90 Å². The molecule has 1 amide bonds. The minimum absolute atomic E-state index is 0.169. The molecule has 0 aliphatic heterocycles. The molecular formula is C25H21N5O3S. The van der Waals surface area contributed by atoms with E-state index in [1.165, 1.54) is 23.1 Å². The minimum Gasteiger partial charge on any atom is -0.507 e. The second-order valence-electron chi connectivity index (χ2n) is 7.94. The number of aromatic hydroxyl groups is 1. The summed E-state index contributed by atoms with van der Waals surface area (Å²) in [6.07, 6.45) is 0. The molecule has 0 fully saturated rings. The van der Waals surface area contributed by atoms with Crippen molar-refractivity contribution in [2.45, 2.75) is 13.8 Å². The molecule has 0 saturated heterocycles. The Hall–Kier alpha value is -4.24. The predicted octanol–water partition coefficient (Wildman–Crippen LogP) is 4.23. The monoisotopic (exact) mass is 471 g/mol. The number of thiazole rings is 1. The molecule has 0 spiro atoms. The normalized spacial score (nSPS) is 11.1. The Bertz CT molecular complexity index is 1630. The Morgan fingerprint density at radius 2 is 1.74 bits per heavy atom. The van der Waals surface area contributed by atoms with E-state index in [-0.39, 0.29) is 17.0 Å². The third-order valence-corrected chi connectivity index (χ3v) is 6.61. The molecule has 8 nitrogen and oxygen atoms in total. The first-order valence-corrected chi connectivity index (χ1v) is 11.4. The number of nitrogens with one attached hydrogen (secondary N) is 1. The van der Waals surface area contributed by atoms with Crippen molar-refractivity contribution in [1.29, 1.82) is 0 Å². The molecule has 5 rings (SSSR count). The van der Waals surface area contributed by atoms with E-state index >= 15 is 0 Å². The van der Waals surface area contributed by atoms with Crippen LogP contribution in [-0.2, 0) is 7.05 Å². The van der Waals surface area contributed by atoms with Crippen molar-refractivity contribution in [1.82, 2.24) is 19.4 Å². The second kappa shape index (κ2) is 8.27. The molecule has 3 heterocycles. The third-order valence-electron chi connectivity index (χ3n) is 5.73. The number of benzene rings is 2. The highest BCUT2D eigenvalue weighted by molar-refractivity contribution is 7.13. The van der Waals surface area contributed by atoms with E-state index in [1.54, 1.807) is 41.1 Å². The maximum absolute atomic E-state index is 13.2. The first-order valence-electron chi connectivity index (χ1n) is 10.6. The molecule has 5 aromatic rings. The molecule has 0 aliphatic carbocycles. The summed E-state index contributed by atoms with van der Waals surface area (Å²) in [5.41, 5.74) is 6.73. The molecule has 3 aromatic heterocycles. The van der Waals surface area contributed by atoms with Crippen molar-refractivity contribution in [3.63, 3.8) is 0 Å². The van der Waals surface area contributed by atoms with E-state index in [9.17, 15) is 14.7 Å². The number of nitrogens with zero attached hydrogens (tertiary/aromatic N) is 4. The van der Waals surface area contributed by atoms with Crippen LogP contribution in [0, 0.1) is 13.8 Å². The summed E-state index contributed by atoms with van der Waals surface area (Å²) >= 11 is 1.44. The lowest BCUT2D eigenvalue weighted by Gasteiger charge is -2.13. The number of aryl methyl sites for hydroxylation is 2. The van der Waals surface area contributed by atoms with Crippen LogP contribution in [-0.4, -0.2) is 30.5 Å². The molecule has 0 atom stereocenters. The Kier molecular flexibility index (Phi) is 5.25. The fourth-order valence-corrected chi connectivity index (χ4v) is 4.85. The largest absolute Gasteiger partial charge is 0.507 e. The molecular weight excluding hydrogens is 450 g/mol. The molecule has 0 radical (unpaired) electrons. The minimum atomic E-state index is -0.423. The van der Waals surface area contributed by atoms with Crippen LogP contribution < -0.4 is 11.0 Å². The summed E-state index contributed by atoms with van der Waals surface area (Å²) in [7, 11) is 1.53. The van der Waals surface area contributed by atoms with Crippen LogP contribution in [0.2, 0.25) is 0 Å². The Morgan fingerprint density at radius 1 is 1.03 bits per heavy atom. The van der Waals surface area contributed by atoms with E-state index < -0.39 is 5.91 Å². The van der Waals surface area contributed by atoms with Gasteiger partial charge in [-0.25, -0.2) is 9.67 Å². The molecule has 0 unspecified atom stereocenters. The first kappa shape index (κ1) is 21.6. The number of para-hydroxylation sites is 1. The number of rotatable bonds is 4. The van der Waals surface area contributed by atoms with Crippen molar-refractivity contribution in [2.24, 2.45) is 7.05 Å². The lowest BCUT2D eigenvalue weighted by molar-refractivity contribution is 0.100. The van der Waals surface area contributed by atoms with Crippen LogP contribution in [0.1, 0.15) is 21.9 Å². The van der Waals surface area contributed by atoms with Crippen LogP contribution >= 0.6 is 11.3 Å². The van der Waals surface area contributed by atoms with Gasteiger partial charge < -0.3 is 5.11 Å². The van der Waals surface area contributed by atoms with E-state index in [1.807, 2.05) is 37.4 Å². The SMILES string of the molecule is Cc1cc(-c2csc(-c3ccccc3O)n2)c(C)n1NC(=O)c1nn(C)c(=O)c2ccccc12. The molecule has 170 valence electrons. The van der Waals surface area contributed by atoms with Gasteiger partial charge in [0.1, 0.15) is 10.8 Å². The summed E-state index contributed by atoms with van der Waals surface area (Å²) < 4.78 is 2.87. The van der Waals surface area contributed by atoms with E-state index in [4.69, 9.17) is 4.98 Å². The van der Waals surface area contributed by atoms with E-state index in [0.29, 0.717) is 21.3 Å². The van der Waals surface area contributed by atoms with Crippen molar-refractivity contribution in [3.05, 3.63) is 87.4 Å². The van der Waals surface area contributed by atoms with E-state index in [0.717, 1.165) is 22.6 Å². The van der Waals surface area contributed by atoms with Gasteiger partial charge in [-0.1, -0.05) is 30.3 Å². The van der Waals surface area contributed by atoms with Gasteiger partial charge in [0.05, 0.1) is 16.6 Å². The molecule has 0 bridgehead atoms. The van der Waals surface area contributed by atoms with Gasteiger partial charge in [-0.3, -0.25) is 19.7 Å². The highest BCUT2D eigenvalue weighted by Gasteiger charge is 2.20. The van der Waals surface area contributed by atoms with Gasteiger partial charge in [0.25, 0.3) is 11.5 Å². The Labute approximate surface area is 198 Å². The van der Waals surface area contributed by atoms with Crippen LogP contribution in [0.4, 0.5) is 0 Å². The number of carbonyl (C=O) groups is 1. The molecule has 0 aliphatic rings. The summed E-state index contributed by atoms with van der Waals surface area (Å²) in [6.45, 7) is 3.78. The quantitative estimate of drug-likeness (QED) is 0.408. The number of amides is 1. The first-order chi connectivity index (χ1) is 16.3. The zero-order valence-corrected chi connectivity index (χ0v) is 19.6. The van der Waals surface area contributed by atoms with Crippen molar-refractivity contribution in [2.75, 3.05) is 5.43 Å². The Morgan fingerprint density at radius 3 is 2.50 bits per heavy atom. The number of fused-ring (bicyclic) bond motifs is 1. The molecule has 34 heavy (non-hydrogen) atoms. The fourth-order valence-electron chi connectivity index (χ4n) is 3.99. The van der Waals surface area contributed by atoms with Gasteiger partial charge in [0.15, 0.2) is 5.69 Å². The number of aromatic nitrogens is 4. The highest BCUT2D eigenvalue weighted by atomic mass is 32.1. The number of carbonyl (C=O) groups excluding carboxylic acids is 1. The van der Waals surface area contributed by atoms with Crippen LogP contribution in [0.5, 0.6) is 5.75 Å². The van der Waals surface area contributed by atoms with Crippen LogP contribution in [0.25, 0.3) is 32.6 Å². The van der Waals surface area contributed by atoms with Gasteiger partial charge in [-0.15, -0.1) is 11.3 Å². The standard InChI is InChI=1S/C25H21N5O3S/c1-14-12-19(20-13-34-24(26-20)18-10-6-7-11-21(18)31)15(2)30(14)28-23(32)22-16-8-4-5-9-17(16)25(33)29(3)27-22/h4-13,31H,1-3H3,(H,28,32). The van der Waals surface area contributed by atoms with Crippen LogP contribution in [0.15, 0.2) is 64.8 Å².